The van der Waals surface area contributed by atoms with E-state index in [2.05, 4.69) is 17.3 Å². The number of carbonyl (C=O) groups is 1. The Bertz CT molecular complexity index is 102. The second-order valence-corrected chi connectivity index (χ2v) is 1.19. The summed E-state index contributed by atoms with van der Waals surface area (Å²) in [6, 6.07) is 0. The molecule has 0 aliphatic heterocycles. The van der Waals surface area contributed by atoms with Gasteiger partial charge < -0.3 is 4.84 Å². The molecule has 0 unspecified atom stereocenters. The van der Waals surface area contributed by atoms with Crippen molar-refractivity contribution in [2.45, 2.75) is 6.92 Å². The van der Waals surface area contributed by atoms with Crippen molar-refractivity contribution in [1.29, 1.82) is 0 Å². The molecule has 2 N–H and O–H groups in total. The molecule has 0 bridgehead atoms. The molecule has 0 spiro atoms. The Morgan fingerprint density at radius 2 is 2.12 bits per heavy atom. The Hall–Kier alpha value is -0.540. The molecule has 0 saturated heterocycles. The summed E-state index contributed by atoms with van der Waals surface area (Å²) in [5, 5.41) is 0. The maximum atomic E-state index is 10.1. The van der Waals surface area contributed by atoms with E-state index in [-0.39, 0.29) is 12.4 Å². The topological polar surface area (TPSA) is 52.3 Å². The Morgan fingerprint density at radius 3 is 2.12 bits per heavy atom. The van der Waals surface area contributed by atoms with Gasteiger partial charge in [0.1, 0.15) is 0 Å². The average Bonchev–Trinajstić information content (AvgIpc) is 1.65. The molecule has 0 radical (unpaired) electrons. The first-order valence-electron chi connectivity index (χ1n) is 1.75. The first kappa shape index (κ1) is 10.4. The van der Waals surface area contributed by atoms with Gasteiger partial charge in [-0.1, -0.05) is 6.58 Å². The highest BCUT2D eigenvalue weighted by Crippen LogP contribution is 1.85. The minimum atomic E-state index is -0.569. The molecule has 0 aromatic heterocycles. The van der Waals surface area contributed by atoms with Crippen LogP contribution in [0.1, 0.15) is 6.92 Å². The Kier molecular flexibility index (Phi) is 6.02. The molecule has 0 aromatic rings. The molecule has 0 heterocycles. The minimum Gasteiger partial charge on any atom is -0.370 e. The van der Waals surface area contributed by atoms with Crippen LogP contribution >= 0.6 is 12.4 Å². The van der Waals surface area contributed by atoms with Crippen LogP contribution in [0, 0.1) is 0 Å². The van der Waals surface area contributed by atoms with Crippen molar-refractivity contribution in [2.24, 2.45) is 5.90 Å². The molecule has 3 nitrogen and oxygen atoms in total. The summed E-state index contributed by atoms with van der Waals surface area (Å²) >= 11 is 0. The van der Waals surface area contributed by atoms with E-state index in [0.717, 1.165) is 0 Å². The number of rotatable bonds is 1. The van der Waals surface area contributed by atoms with E-state index in [1.807, 2.05) is 0 Å². The molecule has 4 heteroatoms. The van der Waals surface area contributed by atoms with Crippen LogP contribution in [0.4, 0.5) is 0 Å². The van der Waals surface area contributed by atoms with E-state index in [1.165, 1.54) is 6.92 Å². The smallest absolute Gasteiger partial charge is 0.351 e. The molecule has 0 aliphatic rings. The van der Waals surface area contributed by atoms with Crippen LogP contribution in [0.3, 0.4) is 0 Å². The summed E-state index contributed by atoms with van der Waals surface area (Å²) in [4.78, 5) is 13.8. The van der Waals surface area contributed by atoms with Crippen LogP contribution in [0.5, 0.6) is 0 Å². The van der Waals surface area contributed by atoms with Gasteiger partial charge in [0.2, 0.25) is 0 Å². The fourth-order valence-corrected chi connectivity index (χ4v) is 0.101. The summed E-state index contributed by atoms with van der Waals surface area (Å²) < 4.78 is 0. The zero-order valence-corrected chi connectivity index (χ0v) is 5.33. The Labute approximate surface area is 53.9 Å². The second-order valence-electron chi connectivity index (χ2n) is 1.19. The number of halogens is 1. The average molecular weight is 138 g/mol. The van der Waals surface area contributed by atoms with Gasteiger partial charge in [0.15, 0.2) is 0 Å². The third-order valence-electron chi connectivity index (χ3n) is 0.455. The largest absolute Gasteiger partial charge is 0.370 e. The predicted molar refractivity (Wildman–Crippen MR) is 32.3 cm³/mol. The molecule has 8 heavy (non-hydrogen) atoms. The highest BCUT2D eigenvalue weighted by Gasteiger charge is 1.96. The van der Waals surface area contributed by atoms with Gasteiger partial charge in [-0.15, -0.1) is 12.4 Å². The normalized spacial score (nSPS) is 6.75. The van der Waals surface area contributed by atoms with Crippen LogP contribution < -0.4 is 5.90 Å². The van der Waals surface area contributed by atoms with Crippen LogP contribution in [0.15, 0.2) is 12.2 Å². The van der Waals surface area contributed by atoms with Gasteiger partial charge in [-0.05, 0) is 6.92 Å². The maximum Gasteiger partial charge on any atom is 0.351 e. The van der Waals surface area contributed by atoms with Crippen molar-refractivity contribution in [2.75, 3.05) is 0 Å². The van der Waals surface area contributed by atoms with E-state index in [0.29, 0.717) is 5.57 Å². The lowest BCUT2D eigenvalue weighted by Gasteiger charge is -1.90. The minimum absolute atomic E-state index is 0. The molecule has 0 atom stereocenters. The van der Waals surface area contributed by atoms with Crippen LogP contribution in [0.2, 0.25) is 0 Å². The van der Waals surface area contributed by atoms with Crippen molar-refractivity contribution >= 4 is 18.4 Å². The first-order valence-corrected chi connectivity index (χ1v) is 1.75. The van der Waals surface area contributed by atoms with Gasteiger partial charge in [0, 0.05) is 5.57 Å². The number of hydrogen-bond donors (Lipinski definition) is 1. The highest BCUT2D eigenvalue weighted by molar-refractivity contribution is 5.86. The van der Waals surface area contributed by atoms with Gasteiger partial charge in [-0.2, -0.15) is 5.90 Å². The highest BCUT2D eigenvalue weighted by atomic mass is 35.5. The predicted octanol–water partition coefficient (Wildman–Crippen LogP) is 0.401. The summed E-state index contributed by atoms with van der Waals surface area (Å²) in [5.74, 6) is 3.89. The van der Waals surface area contributed by atoms with E-state index >= 15 is 0 Å². The summed E-state index contributed by atoms with van der Waals surface area (Å²) in [6.45, 7) is 4.79. The third-order valence-corrected chi connectivity index (χ3v) is 0.455. The quantitative estimate of drug-likeness (QED) is 0.421. The van der Waals surface area contributed by atoms with E-state index < -0.39 is 5.97 Å². The molecular weight excluding hydrogens is 130 g/mol. The SMILES string of the molecule is C=C(C)C(=O)ON.Cl. The zero-order chi connectivity index (χ0) is 5.86. The van der Waals surface area contributed by atoms with Gasteiger partial charge in [0.05, 0.1) is 0 Å². The molecule has 0 aromatic carbocycles. The fourth-order valence-electron chi connectivity index (χ4n) is 0.101. The van der Waals surface area contributed by atoms with Crippen molar-refractivity contribution in [3.05, 3.63) is 12.2 Å². The molecular formula is C4H8ClNO2. The standard InChI is InChI=1S/C4H7NO2.ClH/c1-3(2)4(6)7-5;/h1,5H2,2H3;1H. The number of carbonyl (C=O) groups excluding carboxylic acids is 1. The molecule has 0 aliphatic carbocycles. The van der Waals surface area contributed by atoms with Gasteiger partial charge in [-0.3, -0.25) is 0 Å². The zero-order valence-electron chi connectivity index (χ0n) is 4.51. The number of nitrogens with two attached hydrogens (primary N) is 1. The first-order chi connectivity index (χ1) is 3.18. The van der Waals surface area contributed by atoms with Crippen LogP contribution in [0.25, 0.3) is 0 Å². The van der Waals surface area contributed by atoms with Crippen LogP contribution in [-0.4, -0.2) is 5.97 Å². The molecule has 0 saturated carbocycles. The molecule has 0 rings (SSSR count). The van der Waals surface area contributed by atoms with E-state index in [1.54, 1.807) is 0 Å². The van der Waals surface area contributed by atoms with Crippen LogP contribution in [-0.2, 0) is 9.63 Å². The Balaban J connectivity index is 0. The summed E-state index contributed by atoms with van der Waals surface area (Å²) in [7, 11) is 0. The van der Waals surface area contributed by atoms with Crippen molar-refractivity contribution in [3.8, 4) is 0 Å². The maximum absolute atomic E-state index is 10.1. The third kappa shape index (κ3) is 3.64. The lowest BCUT2D eigenvalue weighted by atomic mass is 10.4. The second kappa shape index (κ2) is 4.61. The summed E-state index contributed by atoms with van der Waals surface area (Å²) in [6.07, 6.45) is 0. The number of hydrogen-bond acceptors (Lipinski definition) is 3. The van der Waals surface area contributed by atoms with Crippen molar-refractivity contribution in [1.82, 2.24) is 0 Å². The molecule has 0 fully saturated rings. The lowest BCUT2D eigenvalue weighted by Crippen LogP contribution is -2.09. The van der Waals surface area contributed by atoms with E-state index in [4.69, 9.17) is 0 Å². The van der Waals surface area contributed by atoms with Crippen molar-refractivity contribution < 1.29 is 9.63 Å². The van der Waals surface area contributed by atoms with Crippen molar-refractivity contribution in [3.63, 3.8) is 0 Å². The fraction of sp³-hybridized carbons (Fsp3) is 0.250. The Morgan fingerprint density at radius 1 is 1.75 bits per heavy atom. The monoisotopic (exact) mass is 137 g/mol. The molecule has 0 amide bonds. The summed E-state index contributed by atoms with van der Waals surface area (Å²) in [5.41, 5.74) is 0.308. The molecule has 48 valence electrons. The van der Waals surface area contributed by atoms with Gasteiger partial charge in [-0.25, -0.2) is 4.79 Å². The van der Waals surface area contributed by atoms with E-state index in [9.17, 15) is 4.79 Å². The lowest BCUT2D eigenvalue weighted by molar-refractivity contribution is -0.139. The van der Waals surface area contributed by atoms with Gasteiger partial charge in [0.25, 0.3) is 0 Å². The van der Waals surface area contributed by atoms with Gasteiger partial charge >= 0.3 is 5.97 Å².